The predicted molar refractivity (Wildman–Crippen MR) is 93.1 cm³/mol. The maximum Gasteiger partial charge on any atom is 0.273 e. The van der Waals surface area contributed by atoms with E-state index in [1.165, 1.54) is 25.9 Å². The normalized spacial score (nSPS) is 21.1. The van der Waals surface area contributed by atoms with Gasteiger partial charge in [0.05, 0.1) is 11.7 Å². The molecule has 2 aliphatic rings. The molecule has 0 bridgehead atoms. The molecular weight excluding hydrogens is 304 g/mol. The van der Waals surface area contributed by atoms with Crippen molar-refractivity contribution in [1.29, 1.82) is 0 Å². The van der Waals surface area contributed by atoms with Gasteiger partial charge in [-0.15, -0.1) is 5.10 Å². The van der Waals surface area contributed by atoms with Crippen LogP contribution in [0.5, 0.6) is 0 Å². The molecule has 1 amide bonds. The van der Waals surface area contributed by atoms with E-state index in [0.29, 0.717) is 24.2 Å². The molecule has 2 N–H and O–H groups in total. The molecule has 3 rings (SSSR count). The molecule has 0 saturated carbocycles. The van der Waals surface area contributed by atoms with Crippen molar-refractivity contribution in [3.8, 4) is 0 Å². The molecule has 2 fully saturated rings. The summed E-state index contributed by atoms with van der Waals surface area (Å²) in [5.74, 6) is 0.354. The monoisotopic (exact) mass is 334 g/mol. The van der Waals surface area contributed by atoms with Crippen molar-refractivity contribution in [1.82, 2.24) is 30.5 Å². The lowest BCUT2D eigenvalue weighted by Gasteiger charge is -2.23. The summed E-state index contributed by atoms with van der Waals surface area (Å²) in [6, 6.07) is 0.356. The zero-order valence-corrected chi connectivity index (χ0v) is 14.9. The molecule has 0 spiro atoms. The van der Waals surface area contributed by atoms with Gasteiger partial charge in [0.2, 0.25) is 0 Å². The number of nitrogens with zero attached hydrogens (tertiary/aromatic N) is 4. The molecule has 0 radical (unpaired) electrons. The first-order valence-corrected chi connectivity index (χ1v) is 9.28. The Morgan fingerprint density at radius 2 is 2.04 bits per heavy atom. The predicted octanol–water partition coefficient (Wildman–Crippen LogP) is 0.973. The Bertz CT molecular complexity index is 545. The van der Waals surface area contributed by atoms with Gasteiger partial charge in [-0.2, -0.15) is 0 Å². The summed E-state index contributed by atoms with van der Waals surface area (Å²) in [6.45, 7) is 10.3. The number of aromatic nitrogens is 3. The maximum absolute atomic E-state index is 12.5. The van der Waals surface area contributed by atoms with Crippen molar-refractivity contribution in [2.45, 2.75) is 45.6 Å². The second-order valence-corrected chi connectivity index (χ2v) is 7.27. The summed E-state index contributed by atoms with van der Waals surface area (Å²) in [5, 5.41) is 14.8. The summed E-state index contributed by atoms with van der Waals surface area (Å²) in [5.41, 5.74) is 1.36. The standard InChI is InChI=1S/C17H30N6O/c1-13(12-22-9-3-4-10-22)11-19-17(24)16-14(2)23(21-20-16)15-5-7-18-8-6-15/h13,15,18H,3-12H2,1-2H3,(H,19,24). The van der Waals surface area contributed by atoms with Crippen molar-refractivity contribution < 1.29 is 4.79 Å². The number of piperidine rings is 1. The van der Waals surface area contributed by atoms with Crippen LogP contribution in [0.1, 0.15) is 54.8 Å². The van der Waals surface area contributed by atoms with Gasteiger partial charge in [-0.05, 0) is 64.7 Å². The van der Waals surface area contributed by atoms with Gasteiger partial charge in [0.1, 0.15) is 0 Å². The lowest BCUT2D eigenvalue weighted by atomic mass is 10.1. The highest BCUT2D eigenvalue weighted by Gasteiger charge is 2.23. The third-order valence-electron chi connectivity index (χ3n) is 5.18. The number of nitrogens with one attached hydrogen (secondary N) is 2. The van der Waals surface area contributed by atoms with Crippen molar-refractivity contribution in [2.24, 2.45) is 5.92 Å². The molecule has 1 aromatic rings. The van der Waals surface area contributed by atoms with Gasteiger partial charge < -0.3 is 15.5 Å². The van der Waals surface area contributed by atoms with Gasteiger partial charge in [-0.3, -0.25) is 4.79 Å². The second-order valence-electron chi connectivity index (χ2n) is 7.27. The smallest absolute Gasteiger partial charge is 0.273 e. The Morgan fingerprint density at radius 3 is 2.75 bits per heavy atom. The van der Waals surface area contributed by atoms with Crippen LogP contribution in [0.25, 0.3) is 0 Å². The average Bonchev–Trinajstić information content (AvgIpc) is 3.23. The highest BCUT2D eigenvalue weighted by Crippen LogP contribution is 2.20. The SMILES string of the molecule is Cc1c(C(=O)NCC(C)CN2CCCC2)nnn1C1CCNCC1. The van der Waals surface area contributed by atoms with Gasteiger partial charge in [0.15, 0.2) is 5.69 Å². The highest BCUT2D eigenvalue weighted by molar-refractivity contribution is 5.93. The summed E-state index contributed by atoms with van der Waals surface area (Å²) in [7, 11) is 0. The van der Waals surface area contributed by atoms with Crippen LogP contribution in [-0.2, 0) is 0 Å². The summed E-state index contributed by atoms with van der Waals surface area (Å²) in [4.78, 5) is 14.9. The summed E-state index contributed by atoms with van der Waals surface area (Å²) in [6.07, 6.45) is 4.69. The molecule has 1 atom stereocenters. The maximum atomic E-state index is 12.5. The number of carbonyl (C=O) groups is 1. The number of hydrogen-bond donors (Lipinski definition) is 2. The lowest BCUT2D eigenvalue weighted by Crippen LogP contribution is -2.35. The zero-order chi connectivity index (χ0) is 16.9. The minimum Gasteiger partial charge on any atom is -0.350 e. The first-order valence-electron chi connectivity index (χ1n) is 9.28. The quantitative estimate of drug-likeness (QED) is 0.811. The van der Waals surface area contributed by atoms with E-state index < -0.39 is 0 Å². The zero-order valence-electron chi connectivity index (χ0n) is 14.9. The van der Waals surface area contributed by atoms with Crippen LogP contribution in [0, 0.1) is 12.8 Å². The Labute approximate surface area is 144 Å². The first kappa shape index (κ1) is 17.4. The molecule has 1 aromatic heterocycles. The van der Waals surface area contributed by atoms with Crippen LogP contribution in [0.4, 0.5) is 0 Å². The van der Waals surface area contributed by atoms with Crippen molar-refractivity contribution in [3.63, 3.8) is 0 Å². The van der Waals surface area contributed by atoms with E-state index in [4.69, 9.17) is 0 Å². The molecule has 0 aromatic carbocycles. The van der Waals surface area contributed by atoms with Crippen LogP contribution in [0.2, 0.25) is 0 Å². The summed E-state index contributed by atoms with van der Waals surface area (Å²) < 4.78 is 1.93. The van der Waals surface area contributed by atoms with Crippen molar-refractivity contribution in [3.05, 3.63) is 11.4 Å². The number of carbonyl (C=O) groups excluding carboxylic acids is 1. The first-order chi connectivity index (χ1) is 11.6. The fourth-order valence-corrected chi connectivity index (χ4v) is 3.77. The summed E-state index contributed by atoms with van der Waals surface area (Å²) >= 11 is 0. The van der Waals surface area contributed by atoms with Crippen LogP contribution in [0.3, 0.4) is 0 Å². The topological polar surface area (TPSA) is 75.1 Å². The Morgan fingerprint density at radius 1 is 1.33 bits per heavy atom. The molecule has 7 heteroatoms. The van der Waals surface area contributed by atoms with E-state index in [1.807, 2.05) is 11.6 Å². The molecule has 2 aliphatic heterocycles. The van der Waals surface area contributed by atoms with Gasteiger partial charge in [0, 0.05) is 13.1 Å². The Balaban J connectivity index is 1.52. The fourth-order valence-electron chi connectivity index (χ4n) is 3.77. The molecular formula is C17H30N6O. The molecule has 2 saturated heterocycles. The van der Waals surface area contributed by atoms with E-state index in [-0.39, 0.29) is 5.91 Å². The molecule has 7 nitrogen and oxygen atoms in total. The van der Waals surface area contributed by atoms with E-state index in [2.05, 4.69) is 32.8 Å². The lowest BCUT2D eigenvalue weighted by molar-refractivity contribution is 0.0939. The average molecular weight is 334 g/mol. The number of amides is 1. The van der Waals surface area contributed by atoms with E-state index in [1.54, 1.807) is 0 Å². The number of rotatable bonds is 6. The third kappa shape index (κ3) is 4.13. The fraction of sp³-hybridized carbons (Fsp3) is 0.824. The molecule has 0 aliphatic carbocycles. The van der Waals surface area contributed by atoms with Crippen LogP contribution in [-0.4, -0.2) is 65.1 Å². The molecule has 24 heavy (non-hydrogen) atoms. The van der Waals surface area contributed by atoms with E-state index in [0.717, 1.165) is 38.2 Å². The van der Waals surface area contributed by atoms with Crippen molar-refractivity contribution >= 4 is 5.91 Å². The molecule has 1 unspecified atom stereocenters. The van der Waals surface area contributed by atoms with Crippen molar-refractivity contribution in [2.75, 3.05) is 39.3 Å². The van der Waals surface area contributed by atoms with E-state index in [9.17, 15) is 4.79 Å². The Kier molecular flexibility index (Phi) is 5.84. The van der Waals surface area contributed by atoms with Gasteiger partial charge in [0.25, 0.3) is 5.91 Å². The van der Waals surface area contributed by atoms with E-state index >= 15 is 0 Å². The van der Waals surface area contributed by atoms with Crippen LogP contribution < -0.4 is 10.6 Å². The number of hydrogen-bond acceptors (Lipinski definition) is 5. The molecule has 134 valence electrons. The third-order valence-corrected chi connectivity index (χ3v) is 5.18. The largest absolute Gasteiger partial charge is 0.350 e. The minimum absolute atomic E-state index is 0.0963. The highest BCUT2D eigenvalue weighted by atomic mass is 16.2. The van der Waals surface area contributed by atoms with Crippen LogP contribution in [0.15, 0.2) is 0 Å². The Hall–Kier alpha value is -1.47. The number of likely N-dealkylation sites (tertiary alicyclic amines) is 1. The second kappa shape index (κ2) is 8.07. The van der Waals surface area contributed by atoms with Crippen LogP contribution >= 0.6 is 0 Å². The van der Waals surface area contributed by atoms with Gasteiger partial charge in [-0.25, -0.2) is 4.68 Å². The van der Waals surface area contributed by atoms with Gasteiger partial charge in [-0.1, -0.05) is 12.1 Å². The molecule has 3 heterocycles. The van der Waals surface area contributed by atoms with Gasteiger partial charge >= 0.3 is 0 Å². The minimum atomic E-state index is -0.0963.